The van der Waals surface area contributed by atoms with Crippen molar-refractivity contribution in [3.63, 3.8) is 0 Å². The van der Waals surface area contributed by atoms with E-state index in [1.54, 1.807) is 6.07 Å². The largest absolute Gasteiger partial charge is 0.345 e. The quantitative estimate of drug-likeness (QED) is 0.779. The molecule has 2 rings (SSSR count). The van der Waals surface area contributed by atoms with Crippen molar-refractivity contribution in [3.05, 3.63) is 30.3 Å². The molecule has 5 heteroatoms. The number of hydrogen-bond donors (Lipinski definition) is 2. The van der Waals surface area contributed by atoms with E-state index in [-0.39, 0.29) is 5.03 Å². The Balaban J connectivity index is 2.67. The van der Waals surface area contributed by atoms with Gasteiger partial charge in [0.05, 0.1) is 0 Å². The minimum absolute atomic E-state index is 0.196. The Kier molecular flexibility index (Phi) is 2.05. The highest BCUT2D eigenvalue weighted by Gasteiger charge is 2.13. The van der Waals surface area contributed by atoms with Crippen molar-refractivity contribution >= 4 is 20.9 Å². The summed E-state index contributed by atoms with van der Waals surface area (Å²) in [6.45, 7) is 0. The maximum absolute atomic E-state index is 11.4. The number of benzene rings is 1. The van der Waals surface area contributed by atoms with Gasteiger partial charge in [-0.15, -0.1) is 0 Å². The number of fused-ring (bicyclic) bond motifs is 1. The standard InChI is InChI=1S/C9H10N2O2S/c1-10-14(12,13)9-6-7-4-2-3-5-8(7)11-9/h2-6,10-11H,1H3. The van der Waals surface area contributed by atoms with Crippen LogP contribution in [0.2, 0.25) is 0 Å². The van der Waals surface area contributed by atoms with Crippen LogP contribution in [0.3, 0.4) is 0 Å². The fourth-order valence-electron chi connectivity index (χ4n) is 1.30. The average Bonchev–Trinajstić information content (AvgIpc) is 2.61. The molecular weight excluding hydrogens is 200 g/mol. The van der Waals surface area contributed by atoms with Gasteiger partial charge in [-0.2, -0.15) is 0 Å². The van der Waals surface area contributed by atoms with E-state index in [1.807, 2.05) is 24.3 Å². The van der Waals surface area contributed by atoms with Gasteiger partial charge in [0, 0.05) is 10.9 Å². The molecule has 2 N–H and O–H groups in total. The van der Waals surface area contributed by atoms with E-state index >= 15 is 0 Å². The Morgan fingerprint density at radius 3 is 2.64 bits per heavy atom. The maximum Gasteiger partial charge on any atom is 0.255 e. The van der Waals surface area contributed by atoms with E-state index in [4.69, 9.17) is 0 Å². The van der Waals surface area contributed by atoms with E-state index in [1.165, 1.54) is 7.05 Å². The summed E-state index contributed by atoms with van der Waals surface area (Å²) >= 11 is 0. The first-order valence-electron chi connectivity index (χ1n) is 4.15. The van der Waals surface area contributed by atoms with Gasteiger partial charge < -0.3 is 4.98 Å². The summed E-state index contributed by atoms with van der Waals surface area (Å²) in [6.07, 6.45) is 0. The first-order chi connectivity index (χ1) is 6.63. The SMILES string of the molecule is CNS(=O)(=O)c1cc2ccccc2[nH]1. The Hall–Kier alpha value is -1.33. The molecule has 1 aromatic heterocycles. The average molecular weight is 210 g/mol. The van der Waals surface area contributed by atoms with E-state index in [0.29, 0.717) is 0 Å². The monoisotopic (exact) mass is 210 g/mol. The molecule has 0 saturated carbocycles. The number of sulfonamides is 1. The second-order valence-electron chi connectivity index (χ2n) is 2.93. The predicted octanol–water partition coefficient (Wildman–Crippen LogP) is 1.08. The molecule has 0 aliphatic heterocycles. The number of para-hydroxylation sites is 1. The van der Waals surface area contributed by atoms with Crippen LogP contribution in [0.15, 0.2) is 35.4 Å². The van der Waals surface area contributed by atoms with E-state index in [9.17, 15) is 8.42 Å². The van der Waals surface area contributed by atoms with Crippen molar-refractivity contribution in [2.45, 2.75) is 5.03 Å². The predicted molar refractivity (Wildman–Crippen MR) is 54.5 cm³/mol. The second kappa shape index (κ2) is 3.11. The Morgan fingerprint density at radius 1 is 1.29 bits per heavy atom. The van der Waals surface area contributed by atoms with Gasteiger partial charge in [-0.3, -0.25) is 0 Å². The van der Waals surface area contributed by atoms with Crippen LogP contribution in [0.25, 0.3) is 10.9 Å². The molecule has 0 bridgehead atoms. The van der Waals surface area contributed by atoms with Crippen LogP contribution in [0.1, 0.15) is 0 Å². The third kappa shape index (κ3) is 1.40. The van der Waals surface area contributed by atoms with Crippen LogP contribution in [0, 0.1) is 0 Å². The highest BCUT2D eigenvalue weighted by atomic mass is 32.2. The van der Waals surface area contributed by atoms with Crippen molar-refractivity contribution in [3.8, 4) is 0 Å². The number of hydrogen-bond acceptors (Lipinski definition) is 2. The summed E-state index contributed by atoms with van der Waals surface area (Å²) in [6, 6.07) is 9.03. The normalized spacial score (nSPS) is 12.1. The fourth-order valence-corrected chi connectivity index (χ4v) is 2.05. The lowest BCUT2D eigenvalue weighted by molar-refractivity contribution is 0.585. The smallest absolute Gasteiger partial charge is 0.255 e. The lowest BCUT2D eigenvalue weighted by Gasteiger charge is -1.96. The Morgan fingerprint density at radius 2 is 2.00 bits per heavy atom. The van der Waals surface area contributed by atoms with Gasteiger partial charge in [0.15, 0.2) is 0 Å². The van der Waals surface area contributed by atoms with Crippen LogP contribution >= 0.6 is 0 Å². The molecule has 0 aliphatic rings. The maximum atomic E-state index is 11.4. The molecule has 0 amide bonds. The molecule has 1 aromatic carbocycles. The van der Waals surface area contributed by atoms with Gasteiger partial charge in [0.25, 0.3) is 10.0 Å². The lowest BCUT2D eigenvalue weighted by atomic mass is 10.3. The molecule has 4 nitrogen and oxygen atoms in total. The zero-order chi connectivity index (χ0) is 10.2. The number of nitrogens with one attached hydrogen (secondary N) is 2. The molecule has 0 atom stereocenters. The summed E-state index contributed by atoms with van der Waals surface area (Å²) in [7, 11) is -1.98. The summed E-state index contributed by atoms with van der Waals surface area (Å²) < 4.78 is 25.1. The Bertz CT molecular complexity index is 524. The van der Waals surface area contributed by atoms with Gasteiger partial charge >= 0.3 is 0 Å². The molecule has 2 aromatic rings. The first kappa shape index (κ1) is 9.23. The van der Waals surface area contributed by atoms with Crippen LogP contribution in [0.5, 0.6) is 0 Å². The van der Waals surface area contributed by atoms with Crippen LogP contribution < -0.4 is 4.72 Å². The third-order valence-electron chi connectivity index (χ3n) is 2.06. The molecule has 0 fully saturated rings. The number of rotatable bonds is 2. The summed E-state index contributed by atoms with van der Waals surface area (Å²) in [5.41, 5.74) is 0.821. The molecule has 1 heterocycles. The highest BCUT2D eigenvalue weighted by molar-refractivity contribution is 7.89. The van der Waals surface area contributed by atoms with E-state index in [0.717, 1.165) is 10.9 Å². The van der Waals surface area contributed by atoms with E-state index < -0.39 is 10.0 Å². The number of H-pyrrole nitrogens is 1. The van der Waals surface area contributed by atoms with Crippen LogP contribution in [-0.4, -0.2) is 20.4 Å². The molecule has 0 spiro atoms. The third-order valence-corrected chi connectivity index (χ3v) is 3.40. The fraction of sp³-hybridized carbons (Fsp3) is 0.111. The summed E-state index contributed by atoms with van der Waals surface area (Å²) in [5, 5.41) is 1.09. The van der Waals surface area contributed by atoms with Gasteiger partial charge in [-0.1, -0.05) is 18.2 Å². The van der Waals surface area contributed by atoms with Crippen molar-refractivity contribution < 1.29 is 8.42 Å². The minimum atomic E-state index is -3.37. The van der Waals surface area contributed by atoms with Gasteiger partial charge in [-0.05, 0) is 19.2 Å². The topological polar surface area (TPSA) is 62.0 Å². The van der Waals surface area contributed by atoms with Crippen molar-refractivity contribution in [2.75, 3.05) is 7.05 Å². The van der Waals surface area contributed by atoms with Crippen LogP contribution in [0.4, 0.5) is 0 Å². The molecule has 0 unspecified atom stereocenters. The second-order valence-corrected chi connectivity index (χ2v) is 4.78. The van der Waals surface area contributed by atoms with Crippen LogP contribution in [-0.2, 0) is 10.0 Å². The molecule has 0 saturated heterocycles. The molecule has 14 heavy (non-hydrogen) atoms. The molecule has 0 aliphatic carbocycles. The summed E-state index contributed by atoms with van der Waals surface area (Å²) in [5.74, 6) is 0. The van der Waals surface area contributed by atoms with Crippen molar-refractivity contribution in [1.82, 2.24) is 9.71 Å². The number of aromatic amines is 1. The van der Waals surface area contributed by atoms with Gasteiger partial charge in [0.2, 0.25) is 0 Å². The zero-order valence-electron chi connectivity index (χ0n) is 7.61. The lowest BCUT2D eigenvalue weighted by Crippen LogP contribution is -2.18. The molecule has 0 radical (unpaired) electrons. The first-order valence-corrected chi connectivity index (χ1v) is 5.63. The minimum Gasteiger partial charge on any atom is -0.345 e. The summed E-state index contributed by atoms with van der Waals surface area (Å²) in [4.78, 5) is 2.84. The van der Waals surface area contributed by atoms with Crippen molar-refractivity contribution in [2.24, 2.45) is 0 Å². The Labute approximate surface area is 82.0 Å². The highest BCUT2D eigenvalue weighted by Crippen LogP contribution is 2.17. The molecular formula is C9H10N2O2S. The number of aromatic nitrogens is 1. The van der Waals surface area contributed by atoms with Crippen molar-refractivity contribution in [1.29, 1.82) is 0 Å². The van der Waals surface area contributed by atoms with E-state index in [2.05, 4.69) is 9.71 Å². The van der Waals surface area contributed by atoms with Gasteiger partial charge in [-0.25, -0.2) is 13.1 Å². The van der Waals surface area contributed by atoms with Gasteiger partial charge in [0.1, 0.15) is 5.03 Å². The molecule has 74 valence electrons. The zero-order valence-corrected chi connectivity index (χ0v) is 8.43.